The van der Waals surface area contributed by atoms with Gasteiger partial charge in [-0.05, 0) is 34.5 Å². The minimum Gasteiger partial charge on any atom is -0.398 e. The average molecular weight is 210 g/mol. The van der Waals surface area contributed by atoms with Gasteiger partial charge in [-0.15, -0.1) is 0 Å². The Hall–Kier alpha value is -0.990. The smallest absolute Gasteiger partial charge is 0.0426 e. The fourth-order valence-corrected chi connectivity index (χ4v) is 2.05. The largest absolute Gasteiger partial charge is 0.398 e. The molecule has 1 aromatic heterocycles. The maximum absolute atomic E-state index is 5.83. The second kappa shape index (κ2) is 3.40. The Morgan fingerprint density at radius 3 is 2.69 bits per heavy atom. The van der Waals surface area contributed by atoms with Crippen molar-refractivity contribution in [1.82, 2.24) is 0 Å². The molecule has 3 heteroatoms. The van der Waals surface area contributed by atoms with E-state index in [0.29, 0.717) is 5.02 Å². The van der Waals surface area contributed by atoms with Gasteiger partial charge in [0.05, 0.1) is 0 Å². The molecule has 0 radical (unpaired) electrons. The van der Waals surface area contributed by atoms with E-state index in [1.165, 1.54) is 0 Å². The molecule has 0 bridgehead atoms. The quantitative estimate of drug-likeness (QED) is 0.713. The van der Waals surface area contributed by atoms with E-state index in [0.717, 1.165) is 16.8 Å². The zero-order chi connectivity index (χ0) is 9.26. The summed E-state index contributed by atoms with van der Waals surface area (Å²) >= 11 is 7.46. The first kappa shape index (κ1) is 8.60. The molecule has 2 rings (SSSR count). The Labute approximate surface area is 85.8 Å². The lowest BCUT2D eigenvalue weighted by molar-refractivity contribution is 1.65. The molecule has 66 valence electrons. The van der Waals surface area contributed by atoms with Gasteiger partial charge in [0, 0.05) is 16.3 Å². The molecule has 1 nitrogen and oxygen atoms in total. The normalized spacial score (nSPS) is 10.2. The lowest BCUT2D eigenvalue weighted by Crippen LogP contribution is -1.88. The van der Waals surface area contributed by atoms with Gasteiger partial charge < -0.3 is 5.73 Å². The molecule has 0 saturated carbocycles. The van der Waals surface area contributed by atoms with E-state index in [2.05, 4.69) is 5.38 Å². The first-order valence-corrected chi connectivity index (χ1v) is 5.17. The summed E-state index contributed by atoms with van der Waals surface area (Å²) in [5.41, 5.74) is 8.76. The van der Waals surface area contributed by atoms with E-state index in [1.54, 1.807) is 17.4 Å². The molecule has 0 saturated heterocycles. The van der Waals surface area contributed by atoms with Crippen molar-refractivity contribution < 1.29 is 0 Å². The van der Waals surface area contributed by atoms with Crippen LogP contribution in [0.1, 0.15) is 0 Å². The number of rotatable bonds is 1. The summed E-state index contributed by atoms with van der Waals surface area (Å²) in [7, 11) is 0. The van der Waals surface area contributed by atoms with Crippen molar-refractivity contribution in [3.8, 4) is 11.1 Å². The molecule has 0 aliphatic carbocycles. The molecule has 0 atom stereocenters. The molecule has 2 N–H and O–H groups in total. The van der Waals surface area contributed by atoms with Crippen molar-refractivity contribution in [2.45, 2.75) is 0 Å². The summed E-state index contributed by atoms with van der Waals surface area (Å²) in [6.45, 7) is 0. The van der Waals surface area contributed by atoms with E-state index in [1.807, 2.05) is 23.6 Å². The van der Waals surface area contributed by atoms with Crippen molar-refractivity contribution >= 4 is 28.6 Å². The molecule has 0 aliphatic heterocycles. The monoisotopic (exact) mass is 209 g/mol. The molecular weight excluding hydrogens is 202 g/mol. The number of nitrogens with two attached hydrogens (primary N) is 1. The summed E-state index contributed by atoms with van der Waals surface area (Å²) in [6, 6.07) is 7.61. The third-order valence-electron chi connectivity index (χ3n) is 1.85. The lowest BCUT2D eigenvalue weighted by atomic mass is 10.1. The SMILES string of the molecule is Nc1cc(Cl)ccc1-c1ccsc1. The predicted molar refractivity (Wildman–Crippen MR) is 59.2 cm³/mol. The van der Waals surface area contributed by atoms with Crippen molar-refractivity contribution in [2.75, 3.05) is 5.73 Å². The van der Waals surface area contributed by atoms with Gasteiger partial charge in [0.25, 0.3) is 0 Å². The summed E-state index contributed by atoms with van der Waals surface area (Å²) in [4.78, 5) is 0. The number of thiophene rings is 1. The van der Waals surface area contributed by atoms with E-state index in [-0.39, 0.29) is 0 Å². The van der Waals surface area contributed by atoms with Crippen LogP contribution in [0.4, 0.5) is 5.69 Å². The molecule has 2 aromatic rings. The third-order valence-corrected chi connectivity index (χ3v) is 2.76. The zero-order valence-electron chi connectivity index (χ0n) is 6.83. The number of nitrogen functional groups attached to an aromatic ring is 1. The molecule has 0 spiro atoms. The maximum Gasteiger partial charge on any atom is 0.0426 e. The highest BCUT2D eigenvalue weighted by Crippen LogP contribution is 2.29. The number of anilines is 1. The Balaban J connectivity index is 2.53. The third kappa shape index (κ3) is 1.69. The minimum absolute atomic E-state index is 0.677. The van der Waals surface area contributed by atoms with E-state index >= 15 is 0 Å². The Kier molecular flexibility index (Phi) is 2.25. The van der Waals surface area contributed by atoms with Gasteiger partial charge in [-0.1, -0.05) is 17.7 Å². The van der Waals surface area contributed by atoms with E-state index < -0.39 is 0 Å². The molecule has 0 unspecified atom stereocenters. The van der Waals surface area contributed by atoms with Crippen molar-refractivity contribution in [3.63, 3.8) is 0 Å². The highest BCUT2D eigenvalue weighted by Gasteiger charge is 2.02. The summed E-state index contributed by atoms with van der Waals surface area (Å²) in [6.07, 6.45) is 0. The van der Waals surface area contributed by atoms with Crippen molar-refractivity contribution in [1.29, 1.82) is 0 Å². The number of hydrogen-bond donors (Lipinski definition) is 1. The summed E-state index contributed by atoms with van der Waals surface area (Å²) in [5.74, 6) is 0. The molecule has 0 aliphatic rings. The van der Waals surface area contributed by atoms with E-state index in [4.69, 9.17) is 17.3 Å². The van der Waals surface area contributed by atoms with Gasteiger partial charge in [-0.25, -0.2) is 0 Å². The van der Waals surface area contributed by atoms with Crippen molar-refractivity contribution in [3.05, 3.63) is 40.0 Å². The van der Waals surface area contributed by atoms with Crippen LogP contribution < -0.4 is 5.73 Å². The highest BCUT2D eigenvalue weighted by atomic mass is 35.5. The predicted octanol–water partition coefficient (Wildman–Crippen LogP) is 3.65. The van der Waals surface area contributed by atoms with Crippen LogP contribution in [0.25, 0.3) is 11.1 Å². The van der Waals surface area contributed by atoms with Gasteiger partial charge in [-0.2, -0.15) is 11.3 Å². The molecule has 0 fully saturated rings. The van der Waals surface area contributed by atoms with Gasteiger partial charge in [0.2, 0.25) is 0 Å². The Morgan fingerprint density at radius 1 is 1.23 bits per heavy atom. The summed E-state index contributed by atoms with van der Waals surface area (Å²) in [5, 5.41) is 4.78. The second-order valence-corrected chi connectivity index (χ2v) is 3.96. The fourth-order valence-electron chi connectivity index (χ4n) is 1.21. The Bertz CT molecular complexity index is 409. The second-order valence-electron chi connectivity index (χ2n) is 2.74. The van der Waals surface area contributed by atoms with Crippen LogP contribution in [0.2, 0.25) is 5.02 Å². The van der Waals surface area contributed by atoms with E-state index in [9.17, 15) is 0 Å². The van der Waals surface area contributed by atoms with Crippen LogP contribution in [0.3, 0.4) is 0 Å². The summed E-state index contributed by atoms with van der Waals surface area (Å²) < 4.78 is 0. The number of halogens is 1. The zero-order valence-corrected chi connectivity index (χ0v) is 8.40. The minimum atomic E-state index is 0.677. The molecular formula is C10H8ClNS. The topological polar surface area (TPSA) is 26.0 Å². The van der Waals surface area contributed by atoms with Crippen LogP contribution in [0.15, 0.2) is 35.0 Å². The van der Waals surface area contributed by atoms with Crippen LogP contribution in [0.5, 0.6) is 0 Å². The number of hydrogen-bond acceptors (Lipinski definition) is 2. The first-order chi connectivity index (χ1) is 6.27. The first-order valence-electron chi connectivity index (χ1n) is 3.85. The Morgan fingerprint density at radius 2 is 2.08 bits per heavy atom. The van der Waals surface area contributed by atoms with Crippen LogP contribution in [-0.4, -0.2) is 0 Å². The fraction of sp³-hybridized carbons (Fsp3) is 0. The van der Waals surface area contributed by atoms with Crippen LogP contribution in [-0.2, 0) is 0 Å². The van der Waals surface area contributed by atoms with Crippen LogP contribution >= 0.6 is 22.9 Å². The molecule has 0 amide bonds. The number of benzene rings is 1. The van der Waals surface area contributed by atoms with Crippen LogP contribution in [0, 0.1) is 0 Å². The standard InChI is InChI=1S/C10H8ClNS/c11-8-1-2-9(10(12)5-8)7-3-4-13-6-7/h1-6H,12H2. The van der Waals surface area contributed by atoms with Gasteiger partial charge in [-0.3, -0.25) is 0 Å². The molecule has 1 aromatic carbocycles. The molecule has 1 heterocycles. The van der Waals surface area contributed by atoms with Gasteiger partial charge in [0.1, 0.15) is 0 Å². The highest BCUT2D eigenvalue weighted by molar-refractivity contribution is 7.08. The average Bonchev–Trinajstić information content (AvgIpc) is 2.56. The lowest BCUT2D eigenvalue weighted by Gasteiger charge is -2.02. The van der Waals surface area contributed by atoms with Gasteiger partial charge >= 0.3 is 0 Å². The van der Waals surface area contributed by atoms with Crippen molar-refractivity contribution in [2.24, 2.45) is 0 Å². The van der Waals surface area contributed by atoms with Gasteiger partial charge in [0.15, 0.2) is 0 Å². The molecule has 13 heavy (non-hydrogen) atoms. The maximum atomic E-state index is 5.83.